The van der Waals surface area contributed by atoms with Crippen LogP contribution in [0.1, 0.15) is 30.7 Å². The number of rotatable bonds is 7. The van der Waals surface area contributed by atoms with Gasteiger partial charge in [0.15, 0.2) is 6.10 Å². The summed E-state index contributed by atoms with van der Waals surface area (Å²) in [6.45, 7) is 2.30. The molecule has 0 aliphatic carbocycles. The van der Waals surface area contributed by atoms with Crippen molar-refractivity contribution in [2.45, 2.75) is 31.8 Å². The third-order valence-corrected chi connectivity index (χ3v) is 5.97. The molecule has 1 saturated heterocycles. The highest BCUT2D eigenvalue weighted by Gasteiger charge is 2.34. The van der Waals surface area contributed by atoms with Gasteiger partial charge >= 0.3 is 0 Å². The van der Waals surface area contributed by atoms with E-state index in [9.17, 15) is 14.0 Å². The van der Waals surface area contributed by atoms with Crippen molar-refractivity contribution in [1.82, 2.24) is 10.2 Å². The van der Waals surface area contributed by atoms with Crippen molar-refractivity contribution in [2.24, 2.45) is 0 Å². The normalized spacial score (nSPS) is 16.9. The molecule has 2 heterocycles. The highest BCUT2D eigenvalue weighted by atomic mass is 32.1. The Labute approximate surface area is 182 Å². The first-order valence-electron chi connectivity index (χ1n) is 9.95. The van der Waals surface area contributed by atoms with Crippen molar-refractivity contribution >= 4 is 34.0 Å². The highest BCUT2D eigenvalue weighted by molar-refractivity contribution is 7.15. The fraction of sp³-hybridized carbons (Fsp3) is 0.273. The van der Waals surface area contributed by atoms with Gasteiger partial charge in [0.2, 0.25) is 11.0 Å². The smallest absolute Gasteiger partial charge is 0.267 e. The number of anilines is 2. The molecule has 2 atom stereocenters. The molecule has 0 saturated carbocycles. The zero-order valence-corrected chi connectivity index (χ0v) is 17.6. The number of amides is 2. The Bertz CT molecular complexity index is 1060. The molecule has 1 aromatic heterocycles. The van der Waals surface area contributed by atoms with E-state index in [4.69, 9.17) is 4.74 Å². The molecule has 1 fully saturated rings. The second kappa shape index (κ2) is 9.22. The van der Waals surface area contributed by atoms with Crippen molar-refractivity contribution in [3.8, 4) is 5.75 Å². The molecule has 1 aliphatic rings. The Morgan fingerprint density at radius 3 is 2.68 bits per heavy atom. The first-order valence-corrected chi connectivity index (χ1v) is 10.8. The minimum atomic E-state index is -0.656. The lowest BCUT2D eigenvalue weighted by Crippen LogP contribution is -2.32. The van der Waals surface area contributed by atoms with Gasteiger partial charge in [-0.15, -0.1) is 10.2 Å². The second-order valence-electron chi connectivity index (χ2n) is 7.14. The van der Waals surface area contributed by atoms with Crippen LogP contribution in [0.15, 0.2) is 54.6 Å². The van der Waals surface area contributed by atoms with Crippen molar-refractivity contribution in [3.05, 3.63) is 65.4 Å². The summed E-state index contributed by atoms with van der Waals surface area (Å²) in [4.78, 5) is 26.7. The van der Waals surface area contributed by atoms with Gasteiger partial charge < -0.3 is 9.64 Å². The monoisotopic (exact) mass is 440 g/mol. The minimum Gasteiger partial charge on any atom is -0.481 e. The number of halogens is 1. The van der Waals surface area contributed by atoms with E-state index >= 15 is 0 Å². The SMILES string of the molecule is CCC(Oc1ccccc1)C(=O)Nc1nnc(C2CC(=O)N(c3ccc(F)cc3)C2)s1. The zero-order chi connectivity index (χ0) is 21.8. The number of hydrogen-bond acceptors (Lipinski definition) is 6. The number of benzene rings is 2. The van der Waals surface area contributed by atoms with Gasteiger partial charge in [0, 0.05) is 24.6 Å². The summed E-state index contributed by atoms with van der Waals surface area (Å²) in [5.41, 5.74) is 0.649. The number of ether oxygens (including phenoxy) is 1. The zero-order valence-electron chi connectivity index (χ0n) is 16.8. The van der Waals surface area contributed by atoms with E-state index in [1.807, 2.05) is 25.1 Å². The van der Waals surface area contributed by atoms with Crippen LogP contribution in [0.25, 0.3) is 0 Å². The number of nitrogens with one attached hydrogen (secondary N) is 1. The molecule has 160 valence electrons. The average Bonchev–Trinajstić information content (AvgIpc) is 3.40. The van der Waals surface area contributed by atoms with Crippen molar-refractivity contribution in [3.63, 3.8) is 0 Å². The van der Waals surface area contributed by atoms with Crippen LogP contribution >= 0.6 is 11.3 Å². The number of carbonyl (C=O) groups excluding carboxylic acids is 2. The molecular weight excluding hydrogens is 419 g/mol. The lowest BCUT2D eigenvalue weighted by atomic mass is 10.1. The summed E-state index contributed by atoms with van der Waals surface area (Å²) in [6, 6.07) is 15.0. The van der Waals surface area contributed by atoms with E-state index in [2.05, 4.69) is 15.5 Å². The highest BCUT2D eigenvalue weighted by Crippen LogP contribution is 2.34. The molecule has 2 aromatic carbocycles. The number of para-hydroxylation sites is 1. The van der Waals surface area contributed by atoms with Gasteiger partial charge in [-0.05, 0) is 42.8 Å². The van der Waals surface area contributed by atoms with E-state index in [-0.39, 0.29) is 30.0 Å². The van der Waals surface area contributed by atoms with Gasteiger partial charge in [-0.3, -0.25) is 14.9 Å². The molecule has 4 rings (SSSR count). The van der Waals surface area contributed by atoms with Gasteiger partial charge in [-0.25, -0.2) is 4.39 Å². The Kier molecular flexibility index (Phi) is 6.22. The standard InChI is InChI=1S/C22H21FN4O3S/c1-2-18(30-17-6-4-3-5-7-17)20(29)24-22-26-25-21(31-22)14-12-19(28)27(13-14)16-10-8-15(23)9-11-16/h3-11,14,18H,2,12-13H2,1H3,(H,24,26,29). The maximum atomic E-state index is 13.2. The fourth-order valence-corrected chi connectivity index (χ4v) is 4.20. The van der Waals surface area contributed by atoms with Gasteiger partial charge in [0.25, 0.3) is 5.91 Å². The Hall–Kier alpha value is -3.33. The average molecular weight is 441 g/mol. The lowest BCUT2D eigenvalue weighted by Gasteiger charge is -2.16. The lowest BCUT2D eigenvalue weighted by molar-refractivity contribution is -0.122. The number of carbonyl (C=O) groups is 2. The molecule has 0 bridgehead atoms. The van der Waals surface area contributed by atoms with Crippen LogP contribution in [0, 0.1) is 5.82 Å². The molecule has 2 unspecified atom stereocenters. The van der Waals surface area contributed by atoms with Crippen LogP contribution in [0.3, 0.4) is 0 Å². The van der Waals surface area contributed by atoms with Crippen LogP contribution in [0.2, 0.25) is 0 Å². The van der Waals surface area contributed by atoms with Crippen molar-refractivity contribution in [2.75, 3.05) is 16.8 Å². The van der Waals surface area contributed by atoms with Crippen LogP contribution < -0.4 is 15.0 Å². The molecule has 2 amide bonds. The third kappa shape index (κ3) is 4.88. The van der Waals surface area contributed by atoms with E-state index in [1.165, 1.54) is 23.5 Å². The summed E-state index contributed by atoms with van der Waals surface area (Å²) in [6.07, 6.45) is 0.127. The Balaban J connectivity index is 1.39. The molecule has 0 spiro atoms. The van der Waals surface area contributed by atoms with Crippen molar-refractivity contribution in [1.29, 1.82) is 0 Å². The molecule has 0 radical (unpaired) electrons. The first kappa shape index (κ1) is 20.9. The summed E-state index contributed by atoms with van der Waals surface area (Å²) < 4.78 is 18.9. The summed E-state index contributed by atoms with van der Waals surface area (Å²) in [5, 5.41) is 12.0. The molecule has 3 aromatic rings. The van der Waals surface area contributed by atoms with Crippen LogP contribution in [0.4, 0.5) is 15.2 Å². The molecule has 1 N–H and O–H groups in total. The van der Waals surface area contributed by atoms with Crippen LogP contribution in [-0.2, 0) is 9.59 Å². The number of hydrogen-bond donors (Lipinski definition) is 1. The molecule has 7 nitrogen and oxygen atoms in total. The fourth-order valence-electron chi connectivity index (χ4n) is 3.37. The summed E-state index contributed by atoms with van der Waals surface area (Å²) in [5.74, 6) is -0.224. The Morgan fingerprint density at radius 2 is 1.97 bits per heavy atom. The predicted molar refractivity (Wildman–Crippen MR) is 116 cm³/mol. The number of nitrogens with zero attached hydrogens (tertiary/aromatic N) is 3. The number of aromatic nitrogens is 2. The molecule has 1 aliphatic heterocycles. The summed E-state index contributed by atoms with van der Waals surface area (Å²) in [7, 11) is 0. The molecule has 9 heteroatoms. The van der Waals surface area contributed by atoms with Gasteiger partial charge in [0.1, 0.15) is 16.6 Å². The largest absolute Gasteiger partial charge is 0.481 e. The van der Waals surface area contributed by atoms with Gasteiger partial charge in [-0.2, -0.15) is 0 Å². The second-order valence-corrected chi connectivity index (χ2v) is 8.15. The van der Waals surface area contributed by atoms with Gasteiger partial charge in [0.05, 0.1) is 0 Å². The topological polar surface area (TPSA) is 84.4 Å². The van der Waals surface area contributed by atoms with E-state index < -0.39 is 6.10 Å². The summed E-state index contributed by atoms with van der Waals surface area (Å²) >= 11 is 1.25. The van der Waals surface area contributed by atoms with E-state index in [0.717, 1.165) is 0 Å². The van der Waals surface area contributed by atoms with Crippen LogP contribution in [0.5, 0.6) is 5.75 Å². The predicted octanol–water partition coefficient (Wildman–Crippen LogP) is 3.99. The molecular formula is C22H21FN4O3S. The quantitative estimate of drug-likeness (QED) is 0.601. The Morgan fingerprint density at radius 1 is 1.23 bits per heavy atom. The third-order valence-electron chi connectivity index (χ3n) is 4.97. The van der Waals surface area contributed by atoms with Crippen molar-refractivity contribution < 1.29 is 18.7 Å². The first-order chi connectivity index (χ1) is 15.0. The maximum absolute atomic E-state index is 13.2. The van der Waals surface area contributed by atoms with Gasteiger partial charge in [-0.1, -0.05) is 36.5 Å². The van der Waals surface area contributed by atoms with Crippen LogP contribution in [-0.4, -0.2) is 34.7 Å². The van der Waals surface area contributed by atoms with E-state index in [1.54, 1.807) is 29.2 Å². The minimum absolute atomic E-state index is 0.0558. The van der Waals surface area contributed by atoms with E-state index in [0.29, 0.717) is 34.5 Å². The molecule has 31 heavy (non-hydrogen) atoms. The maximum Gasteiger partial charge on any atom is 0.267 e.